The zero-order valence-corrected chi connectivity index (χ0v) is 18.2. The lowest BCUT2D eigenvalue weighted by Crippen LogP contribution is -2.42. The van der Waals surface area contributed by atoms with Crippen LogP contribution in [0, 0.1) is 0 Å². The summed E-state index contributed by atoms with van der Waals surface area (Å²) in [5.74, 6) is 2.73. The molecule has 1 aliphatic heterocycles. The Hall–Kier alpha value is -2.52. The molecule has 1 amide bonds. The van der Waals surface area contributed by atoms with Crippen molar-refractivity contribution in [3.63, 3.8) is 0 Å². The predicted molar refractivity (Wildman–Crippen MR) is 116 cm³/mol. The van der Waals surface area contributed by atoms with E-state index in [-0.39, 0.29) is 12.0 Å². The van der Waals surface area contributed by atoms with Crippen LogP contribution in [0.1, 0.15) is 18.9 Å². The molecule has 0 spiro atoms. The molecule has 1 aromatic carbocycles. The molecule has 0 bridgehead atoms. The molecule has 2 aromatic heterocycles. The number of amides is 1. The second-order valence-corrected chi connectivity index (χ2v) is 9.34. The summed E-state index contributed by atoms with van der Waals surface area (Å²) in [6.07, 6.45) is 2.09. The molecule has 1 atom stereocenters. The van der Waals surface area contributed by atoms with Crippen molar-refractivity contribution in [3.05, 3.63) is 41.8 Å². The van der Waals surface area contributed by atoms with Crippen molar-refractivity contribution in [3.8, 4) is 22.2 Å². The fourth-order valence-electron chi connectivity index (χ4n) is 3.41. The average Bonchev–Trinajstić information content (AvgIpc) is 3.28. The summed E-state index contributed by atoms with van der Waals surface area (Å²) in [7, 11) is 1.80. The van der Waals surface area contributed by atoms with Gasteiger partial charge in [-0.1, -0.05) is 30.0 Å². The van der Waals surface area contributed by atoms with Crippen LogP contribution in [0.4, 0.5) is 0 Å². The average molecular weight is 443 g/mol. The first-order valence-electron chi connectivity index (χ1n) is 9.93. The van der Waals surface area contributed by atoms with Gasteiger partial charge in [-0.05, 0) is 36.4 Å². The second-order valence-electron chi connectivity index (χ2n) is 7.45. The Morgan fingerprint density at radius 3 is 2.83 bits per heavy atom. The molecule has 2 aliphatic rings. The first-order chi connectivity index (χ1) is 14.7. The van der Waals surface area contributed by atoms with E-state index in [1.807, 2.05) is 35.7 Å². The molecule has 0 radical (unpaired) electrons. The quantitative estimate of drug-likeness (QED) is 0.520. The van der Waals surface area contributed by atoms with E-state index in [1.165, 1.54) is 11.8 Å². The van der Waals surface area contributed by atoms with E-state index >= 15 is 0 Å². The van der Waals surface area contributed by atoms with Gasteiger partial charge in [0.05, 0.1) is 17.2 Å². The maximum absolute atomic E-state index is 12.7. The fraction of sp³-hybridized carbons (Fsp3) is 0.381. The van der Waals surface area contributed by atoms with E-state index in [4.69, 9.17) is 9.47 Å². The van der Waals surface area contributed by atoms with Gasteiger partial charge in [0, 0.05) is 13.1 Å². The molecule has 1 aliphatic carbocycles. The molecule has 3 heterocycles. The third kappa shape index (κ3) is 4.04. The van der Waals surface area contributed by atoms with Gasteiger partial charge in [0.2, 0.25) is 5.91 Å². The van der Waals surface area contributed by atoms with Crippen LogP contribution in [0.2, 0.25) is 0 Å². The predicted octanol–water partition coefficient (Wildman–Crippen LogP) is 3.73. The molecule has 1 fully saturated rings. The molecular formula is C21H22N4O3S2. The largest absolute Gasteiger partial charge is 0.486 e. The summed E-state index contributed by atoms with van der Waals surface area (Å²) in [6.45, 7) is 0.908. The number of fused-ring (bicyclic) bond motifs is 1. The monoisotopic (exact) mass is 442 g/mol. The van der Waals surface area contributed by atoms with E-state index in [2.05, 4.69) is 20.8 Å². The minimum absolute atomic E-state index is 0.0329. The van der Waals surface area contributed by atoms with Gasteiger partial charge in [-0.25, -0.2) is 0 Å². The first-order valence-corrected chi connectivity index (χ1v) is 11.8. The summed E-state index contributed by atoms with van der Waals surface area (Å²) < 4.78 is 13.9. The van der Waals surface area contributed by atoms with Crippen LogP contribution in [0.3, 0.4) is 0 Å². The van der Waals surface area contributed by atoms with Crippen LogP contribution >= 0.6 is 23.1 Å². The number of nitrogens with zero attached hydrogens (tertiary/aromatic N) is 4. The third-order valence-corrected chi connectivity index (χ3v) is 6.91. The lowest BCUT2D eigenvalue weighted by Gasteiger charge is -2.29. The first kappa shape index (κ1) is 19.4. The Balaban J connectivity index is 1.20. The van der Waals surface area contributed by atoms with Gasteiger partial charge in [-0.15, -0.1) is 21.5 Å². The van der Waals surface area contributed by atoms with Crippen molar-refractivity contribution in [2.45, 2.75) is 30.1 Å². The molecule has 3 aromatic rings. The van der Waals surface area contributed by atoms with E-state index in [1.54, 1.807) is 23.3 Å². The Bertz CT molecular complexity index is 1030. The standard InChI is InChI=1S/C21H22N4O3S2/c1-24(11-15-12-27-16-5-2-3-6-17(16)28-15)19(26)13-30-21-23-22-20(18-7-4-10-29-18)25(21)14-8-9-14/h2-7,10,14-15H,8-9,11-13H2,1H3. The Labute approximate surface area is 183 Å². The van der Waals surface area contributed by atoms with E-state index in [9.17, 15) is 4.79 Å². The zero-order chi connectivity index (χ0) is 20.5. The number of aromatic nitrogens is 3. The smallest absolute Gasteiger partial charge is 0.232 e. The molecule has 5 rings (SSSR count). The summed E-state index contributed by atoms with van der Waals surface area (Å²) in [4.78, 5) is 15.5. The zero-order valence-electron chi connectivity index (χ0n) is 16.6. The fourth-order valence-corrected chi connectivity index (χ4v) is 5.06. The summed E-state index contributed by atoms with van der Waals surface area (Å²) >= 11 is 3.11. The van der Waals surface area contributed by atoms with Gasteiger partial charge in [0.25, 0.3) is 0 Å². The highest BCUT2D eigenvalue weighted by Crippen LogP contribution is 2.41. The van der Waals surface area contributed by atoms with Gasteiger partial charge in [0.1, 0.15) is 6.61 Å². The number of carbonyl (C=O) groups excluding carboxylic acids is 1. The van der Waals surface area contributed by atoms with Gasteiger partial charge >= 0.3 is 0 Å². The molecule has 156 valence electrons. The Morgan fingerprint density at radius 1 is 1.23 bits per heavy atom. The lowest BCUT2D eigenvalue weighted by molar-refractivity contribution is -0.128. The van der Waals surface area contributed by atoms with Crippen molar-refractivity contribution < 1.29 is 14.3 Å². The topological polar surface area (TPSA) is 69.5 Å². The number of likely N-dealkylation sites (N-methyl/N-ethyl adjacent to an activating group) is 1. The maximum Gasteiger partial charge on any atom is 0.232 e. The van der Waals surface area contributed by atoms with Crippen LogP contribution in [0.5, 0.6) is 11.5 Å². The van der Waals surface area contributed by atoms with Crippen molar-refractivity contribution in [1.29, 1.82) is 0 Å². The highest BCUT2D eigenvalue weighted by Gasteiger charge is 2.31. The lowest BCUT2D eigenvalue weighted by atomic mass is 10.2. The third-order valence-electron chi connectivity index (χ3n) is 5.11. The van der Waals surface area contributed by atoms with Crippen LogP contribution in [-0.2, 0) is 4.79 Å². The Morgan fingerprint density at radius 2 is 2.07 bits per heavy atom. The normalized spacial score (nSPS) is 17.7. The summed E-state index contributed by atoms with van der Waals surface area (Å²) in [5, 5.41) is 11.6. The van der Waals surface area contributed by atoms with Gasteiger partial charge < -0.3 is 14.4 Å². The maximum atomic E-state index is 12.7. The van der Waals surface area contributed by atoms with E-state index in [0.29, 0.717) is 24.9 Å². The van der Waals surface area contributed by atoms with Crippen LogP contribution in [-0.4, -0.2) is 57.6 Å². The van der Waals surface area contributed by atoms with Crippen molar-refractivity contribution >= 4 is 29.0 Å². The van der Waals surface area contributed by atoms with Gasteiger partial charge in [0.15, 0.2) is 28.6 Å². The summed E-state index contributed by atoms with van der Waals surface area (Å²) in [5.41, 5.74) is 0. The number of hydrogen-bond acceptors (Lipinski definition) is 7. The van der Waals surface area contributed by atoms with Crippen LogP contribution in [0.25, 0.3) is 10.7 Å². The number of para-hydroxylation sites is 2. The number of hydrogen-bond donors (Lipinski definition) is 0. The molecular weight excluding hydrogens is 420 g/mol. The Kier molecular flexibility index (Phi) is 5.39. The van der Waals surface area contributed by atoms with Crippen molar-refractivity contribution in [1.82, 2.24) is 19.7 Å². The molecule has 7 nitrogen and oxygen atoms in total. The molecule has 30 heavy (non-hydrogen) atoms. The summed E-state index contributed by atoms with van der Waals surface area (Å²) in [6, 6.07) is 12.1. The van der Waals surface area contributed by atoms with Crippen molar-refractivity contribution in [2.24, 2.45) is 0 Å². The van der Waals surface area contributed by atoms with Crippen molar-refractivity contribution in [2.75, 3.05) is 26.0 Å². The minimum Gasteiger partial charge on any atom is -0.486 e. The van der Waals surface area contributed by atoms with Gasteiger partial charge in [-0.2, -0.15) is 0 Å². The van der Waals surface area contributed by atoms with E-state index < -0.39 is 0 Å². The van der Waals surface area contributed by atoms with Crippen LogP contribution in [0.15, 0.2) is 46.9 Å². The number of thiophene rings is 1. The SMILES string of the molecule is CN(CC1COc2ccccc2O1)C(=O)CSc1nnc(-c2cccs2)n1C1CC1. The number of benzene rings is 1. The molecule has 1 unspecified atom stereocenters. The number of rotatable bonds is 7. The number of carbonyl (C=O) groups is 1. The highest BCUT2D eigenvalue weighted by molar-refractivity contribution is 7.99. The minimum atomic E-state index is -0.181. The van der Waals surface area contributed by atoms with Gasteiger partial charge in [-0.3, -0.25) is 9.36 Å². The molecule has 0 N–H and O–H groups in total. The number of thioether (sulfide) groups is 1. The molecule has 1 saturated carbocycles. The number of ether oxygens (including phenoxy) is 2. The highest BCUT2D eigenvalue weighted by atomic mass is 32.2. The molecule has 0 saturated heterocycles. The van der Waals surface area contributed by atoms with E-state index in [0.717, 1.165) is 40.2 Å². The second kappa shape index (κ2) is 8.31. The molecule has 9 heteroatoms. The van der Waals surface area contributed by atoms with Crippen LogP contribution < -0.4 is 9.47 Å².